The van der Waals surface area contributed by atoms with Crippen LogP contribution in [0.4, 0.5) is 0 Å². The Morgan fingerprint density at radius 3 is 1.77 bits per heavy atom. The van der Waals surface area contributed by atoms with Crippen molar-refractivity contribution in [1.29, 1.82) is 0 Å². The van der Waals surface area contributed by atoms with Crippen LogP contribution in [0.1, 0.15) is 0 Å². The van der Waals surface area contributed by atoms with Gasteiger partial charge in [0.15, 0.2) is 6.49 Å². The first-order chi connectivity index (χ1) is 15.4. The first-order valence-corrected chi connectivity index (χ1v) is 21.2. The molecular formula is C6H16B2O18P6S3. The Morgan fingerprint density at radius 1 is 0.886 bits per heavy atom. The van der Waals surface area contributed by atoms with Crippen molar-refractivity contribution in [1.82, 2.24) is 0 Å². The van der Waals surface area contributed by atoms with Crippen LogP contribution in [0.2, 0.25) is 0 Å². The summed E-state index contributed by atoms with van der Waals surface area (Å²) in [6, 6.07) is 0. The fourth-order valence-corrected chi connectivity index (χ4v) is 14.0. The van der Waals surface area contributed by atoms with Gasteiger partial charge in [-0.15, -0.1) is 0 Å². The zero-order chi connectivity index (χ0) is 27.3. The second kappa shape index (κ2) is 11.2. The topological polar surface area (TPSA) is 274 Å². The number of ether oxygens (including phenoxy) is 1. The van der Waals surface area contributed by atoms with Gasteiger partial charge in [0.2, 0.25) is 0 Å². The van der Waals surface area contributed by atoms with Crippen LogP contribution in [-0.2, 0) is 72.7 Å². The molecule has 1 fully saturated rings. The van der Waals surface area contributed by atoms with E-state index in [1.807, 2.05) is 0 Å². The summed E-state index contributed by atoms with van der Waals surface area (Å²) < 4.78 is 77.5. The van der Waals surface area contributed by atoms with Gasteiger partial charge >= 0.3 is 149 Å². The van der Waals surface area contributed by atoms with Gasteiger partial charge in [0, 0.05) is 6.66 Å². The average molecular weight is 680 g/mol. The van der Waals surface area contributed by atoms with E-state index in [9.17, 15) is 52.9 Å². The number of thiol groups is 1. The summed E-state index contributed by atoms with van der Waals surface area (Å²) in [5.74, 6) is 0. The van der Waals surface area contributed by atoms with E-state index < -0.39 is 73.8 Å². The van der Waals surface area contributed by atoms with Gasteiger partial charge in [0.05, 0.1) is 0 Å². The first kappa shape index (κ1) is 33.3. The van der Waals surface area contributed by atoms with Crippen molar-refractivity contribution < 1.29 is 83.8 Å². The molecule has 9 atom stereocenters. The third kappa shape index (κ3) is 10.9. The predicted molar refractivity (Wildman–Crippen MR) is 128 cm³/mol. The van der Waals surface area contributed by atoms with Crippen LogP contribution in [0.15, 0.2) is 0 Å². The van der Waals surface area contributed by atoms with Crippen molar-refractivity contribution >= 4 is 92.9 Å². The van der Waals surface area contributed by atoms with Crippen LogP contribution in [0.25, 0.3) is 0 Å². The van der Waals surface area contributed by atoms with Crippen molar-refractivity contribution in [2.75, 3.05) is 13.3 Å². The van der Waals surface area contributed by atoms with E-state index in [0.29, 0.717) is 0 Å². The summed E-state index contributed by atoms with van der Waals surface area (Å²) in [5.41, 5.74) is 0. The molecule has 0 amide bonds. The SMILES string of the molecule is CP(O)(=S)OP(=O)(O)OP(=O)(S)OP(=O)(O)OP(O)(=S)OP(=O)(O)OCC1OC2(B=B2)C(O)C1O. The molecule has 0 aliphatic carbocycles. The van der Waals surface area contributed by atoms with Gasteiger partial charge in [-0.3, -0.25) is 0 Å². The number of aliphatic hydroxyl groups is 2. The first-order valence-electron chi connectivity index (χ1n) is 8.27. The predicted octanol–water partition coefficient (Wildman–Crippen LogP) is -0.315. The fraction of sp³-hybridized carbons (Fsp3) is 1.00. The Bertz CT molecular complexity index is 1150. The molecule has 2 aliphatic rings. The van der Waals surface area contributed by atoms with Gasteiger partial charge in [-0.2, -0.15) is 4.31 Å². The standard InChI is InChI=1S/C6H16B2O18P6S3/c1-27(11,33)22-29(14,15)24-32(19,35)26-30(16,17)25-31(18,34)23-28(12,13)20-2-3-4(9)5(10)6(21-3)7-8-6/h3-5,9-10H,2H2,1H3,(H,11,33)(H,12,13)(H,14,15)(H,16,17)(H,18,34)(H,19,35). The Morgan fingerprint density at radius 2 is 1.34 bits per heavy atom. The van der Waals surface area contributed by atoms with Crippen LogP contribution in [0.5, 0.6) is 0 Å². The zero-order valence-corrected chi connectivity index (χ0v) is 24.6. The maximum absolute atomic E-state index is 12.0. The van der Waals surface area contributed by atoms with Crippen molar-refractivity contribution in [3.63, 3.8) is 0 Å². The Labute approximate surface area is 213 Å². The van der Waals surface area contributed by atoms with Crippen molar-refractivity contribution in [3.8, 4) is 0 Å². The van der Waals surface area contributed by atoms with Crippen molar-refractivity contribution in [3.05, 3.63) is 0 Å². The monoisotopic (exact) mass is 680 g/mol. The van der Waals surface area contributed by atoms with Crippen LogP contribution < -0.4 is 0 Å². The number of aliphatic hydroxyl groups excluding tert-OH is 2. The number of phosphoric ester groups is 1. The van der Waals surface area contributed by atoms with E-state index in [1.54, 1.807) is 0 Å². The van der Waals surface area contributed by atoms with E-state index >= 15 is 0 Å². The summed E-state index contributed by atoms with van der Waals surface area (Å²) in [6.07, 6.45) is -4.28. The Balaban J connectivity index is 1.96. The van der Waals surface area contributed by atoms with Gasteiger partial charge < -0.3 is 9.79 Å². The van der Waals surface area contributed by atoms with E-state index in [4.69, 9.17) is 4.74 Å². The number of hydrogen-bond donors (Lipinski definition) is 8. The molecule has 2 aliphatic heterocycles. The summed E-state index contributed by atoms with van der Waals surface area (Å²) in [7, 11) is -16.7. The number of hydrogen-bond acceptors (Lipinski definition) is 15. The van der Waals surface area contributed by atoms with Crippen LogP contribution in [-0.4, -0.2) is 85.3 Å². The second-order valence-corrected chi connectivity index (χ2v) is 21.3. The third-order valence-electron chi connectivity index (χ3n) is 3.50. The molecule has 2 rings (SSSR count). The van der Waals surface area contributed by atoms with Gasteiger partial charge in [-0.05, 0) is 11.8 Å². The molecule has 9 unspecified atom stereocenters. The molecule has 0 saturated carbocycles. The van der Waals surface area contributed by atoms with Gasteiger partial charge in [-0.1, -0.05) is 12.2 Å². The minimum atomic E-state index is -5.88. The quantitative estimate of drug-likeness (QED) is 0.0704. The van der Waals surface area contributed by atoms with Gasteiger partial charge in [0.25, 0.3) is 0 Å². The number of rotatable bonds is 13. The van der Waals surface area contributed by atoms with Crippen molar-refractivity contribution in [2.45, 2.75) is 23.7 Å². The normalized spacial score (nSPS) is 33.1. The third-order valence-corrected chi connectivity index (χ3v) is 15.7. The second-order valence-electron chi connectivity index (χ2n) is 6.63. The summed E-state index contributed by atoms with van der Waals surface area (Å²) in [4.78, 5) is 47.8. The molecule has 0 aromatic heterocycles. The minimum absolute atomic E-state index is 0.801. The molecule has 1 saturated heterocycles. The van der Waals surface area contributed by atoms with Gasteiger partial charge in [0.1, 0.15) is 0 Å². The molecule has 0 radical (unpaired) electrons. The molecule has 202 valence electrons. The Kier molecular flexibility index (Phi) is 10.7. The van der Waals surface area contributed by atoms with Crippen molar-refractivity contribution in [2.24, 2.45) is 0 Å². The summed E-state index contributed by atoms with van der Waals surface area (Å²) in [6.45, 7) is -11.7. The molecule has 2 heterocycles. The molecule has 35 heavy (non-hydrogen) atoms. The van der Waals surface area contributed by atoms with E-state index in [2.05, 4.69) is 61.9 Å². The molecule has 18 nitrogen and oxygen atoms in total. The van der Waals surface area contributed by atoms with E-state index in [1.165, 1.54) is 13.6 Å². The molecule has 1 spiro atoms. The fourth-order valence-electron chi connectivity index (χ4n) is 2.33. The molecule has 0 bridgehead atoms. The molecule has 29 heteroatoms. The molecule has 7 N–H and O–H groups in total. The van der Waals surface area contributed by atoms with E-state index in [-0.39, 0.29) is 0 Å². The number of phosphoric acid groups is 3. The average Bonchev–Trinajstić information content (AvgIpc) is 3.26. The van der Waals surface area contributed by atoms with E-state index in [0.717, 1.165) is 6.66 Å². The molecule has 0 aromatic rings. The molecule has 0 aromatic carbocycles. The Hall–Kier alpha value is 2.14. The summed E-state index contributed by atoms with van der Waals surface area (Å²) >= 11 is 11.7. The van der Waals surface area contributed by atoms with Crippen LogP contribution in [0, 0.1) is 0 Å². The molecular weight excluding hydrogens is 664 g/mol. The zero-order valence-electron chi connectivity index (χ0n) is 16.7. The van der Waals surface area contributed by atoms with Crippen LogP contribution >= 0.6 is 55.7 Å². The van der Waals surface area contributed by atoms with Crippen LogP contribution in [0.3, 0.4) is 0 Å². The van der Waals surface area contributed by atoms with Gasteiger partial charge in [-0.25, -0.2) is 13.4 Å². The summed E-state index contributed by atoms with van der Waals surface area (Å²) in [5, 5.41) is 18.4. The maximum atomic E-state index is 12.0.